The molecular formula is C42H24N4OS3. The van der Waals surface area contributed by atoms with E-state index in [4.69, 9.17) is 0 Å². The van der Waals surface area contributed by atoms with Crippen molar-refractivity contribution >= 4 is 81.9 Å². The van der Waals surface area contributed by atoms with Gasteiger partial charge in [-0.2, -0.15) is 21.0 Å². The van der Waals surface area contributed by atoms with Crippen LogP contribution < -0.4 is 0 Å². The third-order valence-electron chi connectivity index (χ3n) is 10.6. The zero-order valence-corrected chi connectivity index (χ0v) is 29.0. The van der Waals surface area contributed by atoms with E-state index in [1.807, 2.05) is 65.1 Å². The number of benzene rings is 2. The Bertz CT molecular complexity index is 2690. The normalized spacial score (nSPS) is 18.6. The van der Waals surface area contributed by atoms with Gasteiger partial charge in [-0.3, -0.25) is 4.79 Å². The van der Waals surface area contributed by atoms with Crippen molar-refractivity contribution in [1.29, 1.82) is 21.0 Å². The number of nitrogens with zero attached hydrogens (tertiary/aromatic N) is 4. The number of hydrogen-bond acceptors (Lipinski definition) is 8. The van der Waals surface area contributed by atoms with Crippen LogP contribution in [0.25, 0.3) is 42.1 Å². The van der Waals surface area contributed by atoms with Crippen molar-refractivity contribution in [3.05, 3.63) is 126 Å². The molecule has 5 nitrogen and oxygen atoms in total. The van der Waals surface area contributed by atoms with Gasteiger partial charge in [-0.1, -0.05) is 67.8 Å². The van der Waals surface area contributed by atoms with E-state index in [2.05, 4.69) is 48.6 Å². The molecule has 1 fully saturated rings. The van der Waals surface area contributed by atoms with Crippen LogP contribution >= 0.6 is 34.0 Å². The molecule has 0 aliphatic heterocycles. The van der Waals surface area contributed by atoms with Crippen LogP contribution in [0.4, 0.5) is 0 Å². The number of Topliss-reactive ketones (excluding diaryl/α,β-unsaturated/α-hetero) is 1. The monoisotopic (exact) mass is 696 g/mol. The summed E-state index contributed by atoms with van der Waals surface area (Å²) in [5, 5.41) is 39.3. The summed E-state index contributed by atoms with van der Waals surface area (Å²) < 4.78 is 5.09. The molecule has 8 heteroatoms. The summed E-state index contributed by atoms with van der Waals surface area (Å²) >= 11 is 5.40. The van der Waals surface area contributed by atoms with Gasteiger partial charge in [0.25, 0.3) is 0 Å². The minimum Gasteiger partial charge on any atom is -0.289 e. The van der Waals surface area contributed by atoms with Crippen molar-refractivity contribution in [3.8, 4) is 24.3 Å². The summed E-state index contributed by atoms with van der Waals surface area (Å²) in [5.41, 5.74) is 8.28. The summed E-state index contributed by atoms with van der Waals surface area (Å²) in [6.07, 6.45) is 12.4. The number of carbonyl (C=O) groups is 1. The molecule has 3 aromatic heterocycles. The van der Waals surface area contributed by atoms with Crippen LogP contribution in [0.15, 0.2) is 88.5 Å². The van der Waals surface area contributed by atoms with Crippen molar-refractivity contribution < 1.29 is 4.79 Å². The molecule has 236 valence electrons. The predicted octanol–water partition coefficient (Wildman–Crippen LogP) is 10.8. The lowest BCUT2D eigenvalue weighted by molar-refractivity contribution is 0.104. The molecule has 50 heavy (non-hydrogen) atoms. The fourth-order valence-electron chi connectivity index (χ4n) is 8.45. The molecule has 4 aliphatic rings. The zero-order chi connectivity index (χ0) is 34.1. The van der Waals surface area contributed by atoms with Crippen LogP contribution in [-0.4, -0.2) is 5.78 Å². The highest BCUT2D eigenvalue weighted by Gasteiger charge is 2.46. The van der Waals surface area contributed by atoms with E-state index in [0.717, 1.165) is 58.4 Å². The van der Waals surface area contributed by atoms with Crippen LogP contribution in [-0.2, 0) is 11.8 Å². The van der Waals surface area contributed by atoms with E-state index in [0.29, 0.717) is 28.7 Å². The largest absolute Gasteiger partial charge is 0.289 e. The Morgan fingerprint density at radius 2 is 1.40 bits per heavy atom. The first kappa shape index (κ1) is 30.4. The maximum Gasteiger partial charge on any atom is 0.194 e. The number of rotatable bonds is 2. The van der Waals surface area contributed by atoms with Gasteiger partial charge in [0.1, 0.15) is 35.4 Å². The molecule has 1 saturated carbocycles. The highest BCUT2D eigenvalue weighted by molar-refractivity contribution is 7.39. The number of allylic oxidation sites excluding steroid dienone is 8. The fraction of sp³-hybridized carbons (Fsp3) is 0.167. The SMILES string of the molecule is N#CC(C#N)=C1/C(=C/c2cc3sc4c5c(sc4c3s2)C=C(/C=C2\C(=O)c3ccccc3C2=C(C#N)C#N)C52CCCCC2)Cc2ccccc21. The Hall–Kier alpha value is -5.61. The van der Waals surface area contributed by atoms with E-state index in [1.165, 1.54) is 35.7 Å². The maximum absolute atomic E-state index is 13.8. The number of hydrogen-bond donors (Lipinski definition) is 0. The Morgan fingerprint density at radius 3 is 2.14 bits per heavy atom. The molecule has 9 rings (SSSR count). The Labute approximate surface area is 300 Å². The smallest absolute Gasteiger partial charge is 0.194 e. The van der Waals surface area contributed by atoms with Crippen molar-refractivity contribution in [3.63, 3.8) is 0 Å². The molecule has 1 spiro atoms. The van der Waals surface area contributed by atoms with Crippen molar-refractivity contribution in [2.24, 2.45) is 0 Å². The Balaban J connectivity index is 1.17. The van der Waals surface area contributed by atoms with Gasteiger partial charge in [0.05, 0.1) is 14.1 Å². The van der Waals surface area contributed by atoms with E-state index in [1.54, 1.807) is 17.4 Å². The summed E-state index contributed by atoms with van der Waals surface area (Å²) in [6, 6.07) is 25.9. The molecule has 0 saturated heterocycles. The number of carbonyl (C=O) groups excluding carboxylic acids is 1. The summed E-state index contributed by atoms with van der Waals surface area (Å²) in [4.78, 5) is 16.2. The van der Waals surface area contributed by atoms with Crippen molar-refractivity contribution in [1.82, 2.24) is 0 Å². The van der Waals surface area contributed by atoms with Crippen LogP contribution in [0.3, 0.4) is 0 Å². The number of nitriles is 4. The molecule has 2 aromatic carbocycles. The molecule has 0 radical (unpaired) electrons. The topological polar surface area (TPSA) is 112 Å². The molecule has 5 aromatic rings. The minimum atomic E-state index is -0.226. The molecule has 4 aliphatic carbocycles. The van der Waals surface area contributed by atoms with Gasteiger partial charge in [-0.15, -0.1) is 34.0 Å². The van der Waals surface area contributed by atoms with Gasteiger partial charge in [-0.25, -0.2) is 0 Å². The number of thiophene rings is 3. The van der Waals surface area contributed by atoms with Gasteiger partial charge in [-0.05, 0) is 77.0 Å². The molecule has 0 amide bonds. The fourth-order valence-corrected chi connectivity index (χ4v) is 12.8. The second kappa shape index (κ2) is 11.5. The molecule has 0 atom stereocenters. The van der Waals surface area contributed by atoms with Gasteiger partial charge in [0.2, 0.25) is 0 Å². The van der Waals surface area contributed by atoms with E-state index < -0.39 is 0 Å². The second-order valence-electron chi connectivity index (χ2n) is 13.1. The average Bonchev–Trinajstić information content (AvgIpc) is 3.96. The van der Waals surface area contributed by atoms with Crippen molar-refractivity contribution in [2.45, 2.75) is 43.9 Å². The predicted molar refractivity (Wildman–Crippen MR) is 201 cm³/mol. The first-order chi connectivity index (χ1) is 24.5. The standard InChI is InChI=1S/C42H24N4OS3/c43-19-25(20-44)35-24(14-23-8-2-3-9-29(23)35)15-28-18-34-39(48-28)41-40(50-34)37-33(49-41)17-27(42(37)12-6-1-7-13-42)16-32-36(26(21-45)22-46)30-10-4-5-11-31(30)38(32)47/h2-5,8-11,15-18H,1,6-7,12-14H2/b24-15+,32-16-. The van der Waals surface area contributed by atoms with Gasteiger partial charge < -0.3 is 0 Å². The quantitative estimate of drug-likeness (QED) is 0.135. The second-order valence-corrected chi connectivity index (χ2v) is 16.3. The maximum atomic E-state index is 13.8. The van der Waals surface area contributed by atoms with Crippen molar-refractivity contribution in [2.75, 3.05) is 0 Å². The van der Waals surface area contributed by atoms with Gasteiger partial charge in [0, 0.05) is 42.2 Å². The third-order valence-corrected chi connectivity index (χ3v) is 14.4. The molecule has 3 heterocycles. The van der Waals surface area contributed by atoms with Crippen LogP contribution in [0, 0.1) is 45.3 Å². The Kier molecular flexibility index (Phi) is 6.99. The lowest BCUT2D eigenvalue weighted by Gasteiger charge is -2.36. The lowest BCUT2D eigenvalue weighted by Crippen LogP contribution is -2.28. The lowest BCUT2D eigenvalue weighted by atomic mass is 9.67. The summed E-state index contributed by atoms with van der Waals surface area (Å²) in [7, 11) is 0. The number of fused-ring (bicyclic) bond motifs is 8. The molecule has 0 bridgehead atoms. The van der Waals surface area contributed by atoms with E-state index >= 15 is 0 Å². The van der Waals surface area contributed by atoms with E-state index in [9.17, 15) is 25.8 Å². The van der Waals surface area contributed by atoms with Crippen LogP contribution in [0.2, 0.25) is 0 Å². The molecule has 0 unspecified atom stereocenters. The van der Waals surface area contributed by atoms with Crippen LogP contribution in [0.5, 0.6) is 0 Å². The first-order valence-electron chi connectivity index (χ1n) is 16.5. The minimum absolute atomic E-state index is 0.0344. The zero-order valence-electron chi connectivity index (χ0n) is 26.6. The van der Waals surface area contributed by atoms with Gasteiger partial charge >= 0.3 is 0 Å². The van der Waals surface area contributed by atoms with E-state index in [-0.39, 0.29) is 22.3 Å². The van der Waals surface area contributed by atoms with Crippen LogP contribution in [0.1, 0.15) is 74.5 Å². The third kappa shape index (κ3) is 4.27. The highest BCUT2D eigenvalue weighted by atomic mass is 32.1. The molecular weight excluding hydrogens is 673 g/mol. The van der Waals surface area contributed by atoms with Gasteiger partial charge in [0.15, 0.2) is 5.78 Å². The average molecular weight is 697 g/mol. The molecule has 0 N–H and O–H groups in total. The highest BCUT2D eigenvalue weighted by Crippen LogP contribution is 2.60. The Morgan fingerprint density at radius 1 is 0.720 bits per heavy atom. The summed E-state index contributed by atoms with van der Waals surface area (Å²) in [6.45, 7) is 0. The summed E-state index contributed by atoms with van der Waals surface area (Å²) in [5.74, 6) is -0.135. The first-order valence-corrected chi connectivity index (χ1v) is 18.9. The number of ketones is 1.